The highest BCUT2D eigenvalue weighted by molar-refractivity contribution is 5.81. The van der Waals surface area contributed by atoms with Crippen LogP contribution in [0.4, 0.5) is 30.6 Å². The Morgan fingerprint density at radius 1 is 1.21 bits per heavy atom. The average molecular weight is 532 g/mol. The maximum atomic E-state index is 12.6. The summed E-state index contributed by atoms with van der Waals surface area (Å²) in [6.45, 7) is 8.73. The summed E-state index contributed by atoms with van der Waals surface area (Å²) in [5.41, 5.74) is 1.44. The molecule has 0 radical (unpaired) electrons. The summed E-state index contributed by atoms with van der Waals surface area (Å²) < 4.78 is 41.8. The number of halogens is 3. The van der Waals surface area contributed by atoms with Gasteiger partial charge in [0, 0.05) is 49.4 Å². The van der Waals surface area contributed by atoms with Gasteiger partial charge in [-0.3, -0.25) is 9.53 Å². The number of hydrogen-bond donors (Lipinski definition) is 0. The quantitative estimate of drug-likeness (QED) is 0.576. The molecule has 2 fully saturated rings. The van der Waals surface area contributed by atoms with Gasteiger partial charge in [0.25, 0.3) is 5.91 Å². The maximum Gasteiger partial charge on any atom is 0.523 e. The van der Waals surface area contributed by atoms with E-state index < -0.39 is 18.4 Å². The molecule has 1 saturated heterocycles. The fraction of sp³-hybridized carbons (Fsp3) is 0.577. The molecule has 38 heavy (non-hydrogen) atoms. The molecule has 1 aliphatic carbocycles. The average Bonchev–Trinajstić information content (AvgIpc) is 3.25. The van der Waals surface area contributed by atoms with Crippen LogP contribution in [-0.2, 0) is 14.9 Å². The van der Waals surface area contributed by atoms with Crippen molar-refractivity contribution >= 4 is 23.4 Å². The number of nitrogens with zero attached hydrogens (tertiary/aromatic N) is 7. The highest BCUT2D eigenvalue weighted by Gasteiger charge is 2.51. The molecule has 0 N–H and O–H groups in total. The molecule has 204 valence electrons. The maximum absolute atomic E-state index is 12.6. The minimum Gasteiger partial charge on any atom is -0.352 e. The van der Waals surface area contributed by atoms with Crippen LogP contribution in [0.25, 0.3) is 0 Å². The molecule has 1 saturated carbocycles. The molecule has 1 amide bonds. The third kappa shape index (κ3) is 5.12. The van der Waals surface area contributed by atoms with Crippen molar-refractivity contribution in [3.8, 4) is 6.07 Å². The highest BCUT2D eigenvalue weighted by atomic mass is 19.4. The Bertz CT molecular complexity index is 1210. The Morgan fingerprint density at radius 3 is 2.53 bits per heavy atom. The Labute approximate surface area is 220 Å². The van der Waals surface area contributed by atoms with Gasteiger partial charge in [0.2, 0.25) is 0 Å². The first-order valence-corrected chi connectivity index (χ1v) is 12.9. The summed E-state index contributed by atoms with van der Waals surface area (Å²) in [4.78, 5) is 31.9. The monoisotopic (exact) mass is 531 g/mol. The predicted molar refractivity (Wildman–Crippen MR) is 135 cm³/mol. The van der Waals surface area contributed by atoms with Crippen molar-refractivity contribution in [2.45, 2.75) is 70.9 Å². The van der Waals surface area contributed by atoms with E-state index in [1.807, 2.05) is 25.7 Å². The van der Waals surface area contributed by atoms with E-state index in [1.165, 1.54) is 11.2 Å². The number of fused-ring (bicyclic) bond motifs is 2. The van der Waals surface area contributed by atoms with Crippen molar-refractivity contribution in [1.82, 2.24) is 19.9 Å². The van der Waals surface area contributed by atoms with E-state index in [2.05, 4.69) is 30.7 Å². The van der Waals surface area contributed by atoms with Crippen molar-refractivity contribution in [3.05, 3.63) is 35.8 Å². The van der Waals surface area contributed by atoms with Gasteiger partial charge in [0.15, 0.2) is 0 Å². The number of hydrogen-bond acceptors (Lipinski definition) is 8. The largest absolute Gasteiger partial charge is 0.523 e. The SMILES string of the molecule is CC.CC(OC(F)(F)F)C(=O)N1CCN(c2ncnc3c2C2(CCC2)CN3c2cc(C#N)ccn2)CC1C. The molecule has 2 aromatic heterocycles. The summed E-state index contributed by atoms with van der Waals surface area (Å²) in [5.74, 6) is 1.53. The molecular weight excluding hydrogens is 499 g/mol. The van der Waals surface area contributed by atoms with Crippen LogP contribution in [0.15, 0.2) is 24.7 Å². The molecule has 2 atom stereocenters. The summed E-state index contributed by atoms with van der Waals surface area (Å²) in [7, 11) is 0. The number of aromatic nitrogens is 3. The lowest BCUT2D eigenvalue weighted by Crippen LogP contribution is -2.57. The predicted octanol–water partition coefficient (Wildman–Crippen LogP) is 4.30. The number of piperazine rings is 1. The second-order valence-electron chi connectivity index (χ2n) is 9.66. The molecule has 2 aromatic rings. The number of pyridine rings is 1. The van der Waals surface area contributed by atoms with E-state index in [0.29, 0.717) is 31.0 Å². The molecule has 2 aliphatic heterocycles. The summed E-state index contributed by atoms with van der Waals surface area (Å²) in [6, 6.07) is 5.23. The minimum absolute atomic E-state index is 0.124. The lowest BCUT2D eigenvalue weighted by atomic mass is 9.66. The number of carbonyl (C=O) groups is 1. The first-order valence-electron chi connectivity index (χ1n) is 12.9. The fourth-order valence-corrected chi connectivity index (χ4v) is 5.54. The third-order valence-corrected chi connectivity index (χ3v) is 7.38. The van der Waals surface area contributed by atoms with Crippen molar-refractivity contribution in [1.29, 1.82) is 5.26 Å². The first-order chi connectivity index (χ1) is 18.1. The van der Waals surface area contributed by atoms with Crippen molar-refractivity contribution in [2.24, 2.45) is 0 Å². The van der Waals surface area contributed by atoms with Gasteiger partial charge >= 0.3 is 6.36 Å². The number of anilines is 3. The molecular formula is C26H32F3N7O2. The molecule has 1 spiro atoms. The smallest absolute Gasteiger partial charge is 0.352 e. The molecule has 5 rings (SSSR count). The molecule has 12 heteroatoms. The molecule has 0 bridgehead atoms. The number of amides is 1. The lowest BCUT2D eigenvalue weighted by Gasteiger charge is -2.44. The molecule has 9 nitrogen and oxygen atoms in total. The van der Waals surface area contributed by atoms with Crippen LogP contribution < -0.4 is 9.80 Å². The van der Waals surface area contributed by atoms with Crippen LogP contribution in [0.2, 0.25) is 0 Å². The van der Waals surface area contributed by atoms with E-state index >= 15 is 0 Å². The number of nitriles is 1. The van der Waals surface area contributed by atoms with Crippen LogP contribution in [0, 0.1) is 11.3 Å². The van der Waals surface area contributed by atoms with E-state index in [1.54, 1.807) is 18.3 Å². The van der Waals surface area contributed by atoms with Crippen molar-refractivity contribution < 1.29 is 22.7 Å². The van der Waals surface area contributed by atoms with Crippen LogP contribution in [-0.4, -0.2) is 70.4 Å². The normalized spacial score (nSPS) is 20.7. The topological polar surface area (TPSA) is 98.5 Å². The zero-order valence-corrected chi connectivity index (χ0v) is 22.0. The zero-order chi connectivity index (χ0) is 27.7. The number of rotatable bonds is 4. The molecule has 3 aliphatic rings. The minimum atomic E-state index is -4.87. The number of carbonyl (C=O) groups excluding carboxylic acids is 1. The first kappa shape index (κ1) is 27.6. The van der Waals surface area contributed by atoms with Crippen LogP contribution in [0.1, 0.15) is 58.1 Å². The van der Waals surface area contributed by atoms with Gasteiger partial charge in [-0.2, -0.15) is 5.26 Å². The molecule has 0 aromatic carbocycles. The van der Waals surface area contributed by atoms with Crippen molar-refractivity contribution in [2.75, 3.05) is 36.0 Å². The van der Waals surface area contributed by atoms with Gasteiger partial charge in [-0.15, -0.1) is 13.2 Å². The summed E-state index contributed by atoms with van der Waals surface area (Å²) >= 11 is 0. The van der Waals surface area contributed by atoms with Crippen LogP contribution in [0.5, 0.6) is 0 Å². The van der Waals surface area contributed by atoms with Crippen molar-refractivity contribution in [3.63, 3.8) is 0 Å². The van der Waals surface area contributed by atoms with Gasteiger partial charge < -0.3 is 14.7 Å². The third-order valence-electron chi connectivity index (χ3n) is 7.38. The second-order valence-corrected chi connectivity index (χ2v) is 9.66. The van der Waals surface area contributed by atoms with E-state index in [9.17, 15) is 23.2 Å². The van der Waals surface area contributed by atoms with E-state index in [0.717, 1.165) is 43.4 Å². The van der Waals surface area contributed by atoms with Gasteiger partial charge in [0.05, 0.1) is 11.6 Å². The Hall–Kier alpha value is -3.46. The van der Waals surface area contributed by atoms with Gasteiger partial charge in [-0.25, -0.2) is 15.0 Å². The fourth-order valence-electron chi connectivity index (χ4n) is 5.54. The Morgan fingerprint density at radius 2 is 1.92 bits per heavy atom. The zero-order valence-electron chi connectivity index (χ0n) is 22.0. The van der Waals surface area contributed by atoms with E-state index in [-0.39, 0.29) is 18.0 Å². The van der Waals surface area contributed by atoms with E-state index in [4.69, 9.17) is 0 Å². The van der Waals surface area contributed by atoms with Crippen LogP contribution >= 0.6 is 0 Å². The summed E-state index contributed by atoms with van der Waals surface area (Å²) in [6.07, 6.45) is -0.303. The summed E-state index contributed by atoms with van der Waals surface area (Å²) in [5, 5.41) is 9.33. The standard InChI is InChI=1S/C24H26F3N7O2.C2H6/c1-15-12-32(8-9-33(15)22(35)16(2)36-24(25,26)27)20-19-21(31-14-30-20)34(13-23(19)5-3-6-23)18-10-17(11-28)4-7-29-18;1-2/h4,7,10,14-16H,3,5-6,8-9,12-13H2,1-2H3;1-2H3. The number of alkyl halides is 3. The Balaban J connectivity index is 0.00000164. The van der Waals surface area contributed by atoms with Gasteiger partial charge in [0.1, 0.15) is 29.9 Å². The molecule has 2 unspecified atom stereocenters. The second kappa shape index (κ2) is 10.7. The van der Waals surface area contributed by atoms with Gasteiger partial charge in [-0.05, 0) is 38.8 Å². The number of ether oxygens (including phenoxy) is 1. The van der Waals surface area contributed by atoms with Crippen LogP contribution in [0.3, 0.4) is 0 Å². The lowest BCUT2D eigenvalue weighted by molar-refractivity contribution is -0.336. The van der Waals surface area contributed by atoms with Gasteiger partial charge in [-0.1, -0.05) is 20.3 Å². The molecule has 4 heterocycles. The highest BCUT2D eigenvalue weighted by Crippen LogP contribution is 2.56. The Kier molecular flexibility index (Phi) is 7.78.